The van der Waals surface area contributed by atoms with Crippen molar-refractivity contribution in [1.82, 2.24) is 0 Å². The Labute approximate surface area is 107 Å². The molecule has 3 nitrogen and oxygen atoms in total. The fourth-order valence-corrected chi connectivity index (χ4v) is 1.39. The molecule has 1 rings (SSSR count). The van der Waals surface area contributed by atoms with Crippen LogP contribution in [0, 0.1) is 17.6 Å². The Kier molecular flexibility index (Phi) is 4.86. The smallest absolute Gasteiger partial charge is 0.193 e. The van der Waals surface area contributed by atoms with Crippen molar-refractivity contribution in [3.63, 3.8) is 0 Å². The molecule has 1 aromatic carbocycles. The second kappa shape index (κ2) is 5.95. The third kappa shape index (κ3) is 4.30. The summed E-state index contributed by atoms with van der Waals surface area (Å²) in [7, 11) is 0. The molecule has 0 atom stereocenters. The van der Waals surface area contributed by atoms with Crippen LogP contribution < -0.4 is 11.1 Å². The summed E-state index contributed by atoms with van der Waals surface area (Å²) in [6.45, 7) is 4.49. The number of nitrogens with one attached hydrogen (secondary N) is 1. The Morgan fingerprint density at radius 2 is 2.06 bits per heavy atom. The molecule has 17 heavy (non-hydrogen) atoms. The molecular formula is C11H14BrF2N3. The maximum absolute atomic E-state index is 13.4. The van der Waals surface area contributed by atoms with Crippen molar-refractivity contribution < 1.29 is 8.78 Å². The molecule has 0 radical (unpaired) electrons. The average Bonchev–Trinajstić information content (AvgIpc) is 2.23. The van der Waals surface area contributed by atoms with Gasteiger partial charge in [-0.2, -0.15) is 0 Å². The number of rotatable bonds is 3. The van der Waals surface area contributed by atoms with E-state index in [2.05, 4.69) is 26.2 Å². The van der Waals surface area contributed by atoms with Crippen LogP contribution >= 0.6 is 15.9 Å². The lowest BCUT2D eigenvalue weighted by molar-refractivity contribution is 0.598. The SMILES string of the molecule is CC(C)CN=C(N)Nc1cc(F)c(Br)cc1F. The number of nitrogens with two attached hydrogens (primary N) is 1. The average molecular weight is 306 g/mol. The quantitative estimate of drug-likeness (QED) is 0.512. The molecule has 0 fully saturated rings. The molecule has 0 aromatic heterocycles. The van der Waals surface area contributed by atoms with Crippen molar-refractivity contribution in [3.8, 4) is 0 Å². The first-order valence-electron chi connectivity index (χ1n) is 5.11. The Balaban J connectivity index is 2.81. The molecule has 0 aliphatic rings. The minimum absolute atomic E-state index is 0.0318. The molecule has 0 amide bonds. The zero-order valence-corrected chi connectivity index (χ0v) is 11.2. The number of anilines is 1. The first-order chi connectivity index (χ1) is 7.90. The molecule has 0 aliphatic heterocycles. The maximum Gasteiger partial charge on any atom is 0.193 e. The van der Waals surface area contributed by atoms with Gasteiger partial charge in [0.15, 0.2) is 5.96 Å². The third-order valence-corrected chi connectivity index (χ3v) is 2.51. The lowest BCUT2D eigenvalue weighted by Crippen LogP contribution is -2.24. The molecular weight excluding hydrogens is 292 g/mol. The van der Waals surface area contributed by atoms with Crippen LogP contribution in [0.5, 0.6) is 0 Å². The van der Waals surface area contributed by atoms with Gasteiger partial charge < -0.3 is 11.1 Å². The van der Waals surface area contributed by atoms with Gasteiger partial charge in [-0.05, 0) is 27.9 Å². The third-order valence-electron chi connectivity index (χ3n) is 1.90. The highest BCUT2D eigenvalue weighted by Crippen LogP contribution is 2.23. The lowest BCUT2D eigenvalue weighted by Gasteiger charge is -2.08. The summed E-state index contributed by atoms with van der Waals surface area (Å²) >= 11 is 2.89. The van der Waals surface area contributed by atoms with Gasteiger partial charge in [0.05, 0.1) is 10.2 Å². The summed E-state index contributed by atoms with van der Waals surface area (Å²) < 4.78 is 26.7. The van der Waals surface area contributed by atoms with Gasteiger partial charge in [0.1, 0.15) is 11.6 Å². The fourth-order valence-electron chi connectivity index (χ4n) is 1.08. The van der Waals surface area contributed by atoms with Crippen LogP contribution in [0.2, 0.25) is 0 Å². The van der Waals surface area contributed by atoms with Crippen LogP contribution in [-0.2, 0) is 0 Å². The van der Waals surface area contributed by atoms with Gasteiger partial charge in [0.2, 0.25) is 0 Å². The van der Waals surface area contributed by atoms with E-state index in [1.807, 2.05) is 13.8 Å². The zero-order chi connectivity index (χ0) is 13.0. The van der Waals surface area contributed by atoms with Crippen molar-refractivity contribution in [3.05, 3.63) is 28.2 Å². The molecule has 0 aliphatic carbocycles. The minimum atomic E-state index is -0.596. The Morgan fingerprint density at radius 3 is 2.65 bits per heavy atom. The summed E-state index contributed by atoms with van der Waals surface area (Å²) in [5.74, 6) is -0.743. The molecule has 6 heteroatoms. The molecule has 1 aromatic rings. The molecule has 0 heterocycles. The molecule has 3 N–H and O–H groups in total. The van der Waals surface area contributed by atoms with Crippen LogP contribution in [0.15, 0.2) is 21.6 Å². The highest BCUT2D eigenvalue weighted by Gasteiger charge is 2.08. The van der Waals surface area contributed by atoms with Gasteiger partial charge in [0, 0.05) is 12.6 Å². The molecule has 0 bridgehead atoms. The summed E-state index contributed by atoms with van der Waals surface area (Å²) in [4.78, 5) is 3.99. The van der Waals surface area contributed by atoms with Crippen molar-refractivity contribution in [2.45, 2.75) is 13.8 Å². The number of halogens is 3. The monoisotopic (exact) mass is 305 g/mol. The standard InChI is InChI=1S/C11H14BrF2N3/c1-6(2)5-16-11(15)17-10-4-8(13)7(12)3-9(10)14/h3-4,6H,5H2,1-2H3,(H3,15,16,17). The number of guanidine groups is 1. The largest absolute Gasteiger partial charge is 0.370 e. The summed E-state index contributed by atoms with van der Waals surface area (Å²) in [6.07, 6.45) is 0. The Hall–Kier alpha value is -1.17. The van der Waals surface area contributed by atoms with E-state index < -0.39 is 11.6 Å². The fraction of sp³-hybridized carbons (Fsp3) is 0.364. The second-order valence-electron chi connectivity index (χ2n) is 3.99. The predicted molar refractivity (Wildman–Crippen MR) is 69.0 cm³/mol. The Morgan fingerprint density at radius 1 is 1.41 bits per heavy atom. The van der Waals surface area contributed by atoms with Crippen LogP contribution in [0.1, 0.15) is 13.8 Å². The number of aliphatic imine (C=N–C) groups is 1. The normalized spacial score (nSPS) is 12.0. The van der Waals surface area contributed by atoms with E-state index >= 15 is 0 Å². The highest BCUT2D eigenvalue weighted by atomic mass is 79.9. The lowest BCUT2D eigenvalue weighted by atomic mass is 10.2. The Bertz CT molecular complexity index is 433. The van der Waals surface area contributed by atoms with Crippen LogP contribution in [0.25, 0.3) is 0 Å². The van der Waals surface area contributed by atoms with Gasteiger partial charge in [-0.3, -0.25) is 4.99 Å². The number of benzene rings is 1. The number of hydrogen-bond donors (Lipinski definition) is 2. The van der Waals surface area contributed by atoms with E-state index in [9.17, 15) is 8.78 Å². The van der Waals surface area contributed by atoms with E-state index in [0.29, 0.717) is 12.5 Å². The second-order valence-corrected chi connectivity index (χ2v) is 4.85. The van der Waals surface area contributed by atoms with Crippen molar-refractivity contribution in [2.75, 3.05) is 11.9 Å². The first kappa shape index (κ1) is 13.9. The highest BCUT2D eigenvalue weighted by molar-refractivity contribution is 9.10. The molecule has 0 spiro atoms. The molecule has 94 valence electrons. The molecule has 0 saturated carbocycles. The number of hydrogen-bond acceptors (Lipinski definition) is 1. The molecule has 0 saturated heterocycles. The van der Waals surface area contributed by atoms with E-state index in [1.165, 1.54) is 0 Å². The van der Waals surface area contributed by atoms with Gasteiger partial charge in [-0.15, -0.1) is 0 Å². The zero-order valence-electron chi connectivity index (χ0n) is 9.60. The summed E-state index contributed by atoms with van der Waals surface area (Å²) in [6, 6.07) is 2.06. The molecule has 0 unspecified atom stereocenters. The summed E-state index contributed by atoms with van der Waals surface area (Å²) in [5, 5.41) is 2.53. The predicted octanol–water partition coefficient (Wildman–Crippen LogP) is 3.11. The topological polar surface area (TPSA) is 50.4 Å². The van der Waals surface area contributed by atoms with E-state index in [4.69, 9.17) is 5.73 Å². The van der Waals surface area contributed by atoms with Crippen molar-refractivity contribution >= 4 is 27.6 Å². The minimum Gasteiger partial charge on any atom is -0.370 e. The van der Waals surface area contributed by atoms with E-state index in [1.54, 1.807) is 0 Å². The van der Waals surface area contributed by atoms with Gasteiger partial charge in [-0.1, -0.05) is 13.8 Å². The van der Waals surface area contributed by atoms with Crippen LogP contribution in [-0.4, -0.2) is 12.5 Å². The van der Waals surface area contributed by atoms with Crippen molar-refractivity contribution in [2.24, 2.45) is 16.6 Å². The first-order valence-corrected chi connectivity index (χ1v) is 5.91. The van der Waals surface area contributed by atoms with Gasteiger partial charge in [0.25, 0.3) is 0 Å². The van der Waals surface area contributed by atoms with Crippen LogP contribution in [0.4, 0.5) is 14.5 Å². The maximum atomic E-state index is 13.4. The van der Waals surface area contributed by atoms with E-state index in [0.717, 1.165) is 12.1 Å². The van der Waals surface area contributed by atoms with Gasteiger partial charge >= 0.3 is 0 Å². The van der Waals surface area contributed by atoms with Crippen molar-refractivity contribution in [1.29, 1.82) is 0 Å². The van der Waals surface area contributed by atoms with Crippen LogP contribution in [0.3, 0.4) is 0 Å². The van der Waals surface area contributed by atoms with Gasteiger partial charge in [-0.25, -0.2) is 8.78 Å². The number of nitrogens with zero attached hydrogens (tertiary/aromatic N) is 1. The summed E-state index contributed by atoms with van der Waals surface area (Å²) in [5.41, 5.74) is 5.52. The van der Waals surface area contributed by atoms with E-state index in [-0.39, 0.29) is 16.1 Å².